The van der Waals surface area contributed by atoms with Crippen molar-refractivity contribution in [3.05, 3.63) is 23.4 Å². The molecule has 116 valence electrons. The van der Waals surface area contributed by atoms with Crippen LogP contribution in [0.1, 0.15) is 67.9 Å². The van der Waals surface area contributed by atoms with Gasteiger partial charge >= 0.3 is 0 Å². The van der Waals surface area contributed by atoms with E-state index in [9.17, 15) is 4.79 Å². The molecular formula is C17H27N3O. The van der Waals surface area contributed by atoms with E-state index in [0.29, 0.717) is 11.6 Å². The topological polar surface area (TPSA) is 54.0 Å². The van der Waals surface area contributed by atoms with E-state index in [4.69, 9.17) is 0 Å². The maximum Gasteiger partial charge on any atom is 0.251 e. The van der Waals surface area contributed by atoms with Gasteiger partial charge in [-0.3, -0.25) is 4.79 Å². The molecule has 1 amide bonds. The van der Waals surface area contributed by atoms with Crippen LogP contribution < -0.4 is 10.6 Å². The zero-order valence-corrected chi connectivity index (χ0v) is 13.2. The summed E-state index contributed by atoms with van der Waals surface area (Å²) in [5.41, 5.74) is 1.66. The molecule has 0 spiro atoms. The molecule has 4 nitrogen and oxygen atoms in total. The van der Waals surface area contributed by atoms with E-state index in [1.807, 2.05) is 19.2 Å². The maximum absolute atomic E-state index is 12.5. The van der Waals surface area contributed by atoms with Crippen LogP contribution in [0.4, 0.5) is 5.82 Å². The third-order valence-corrected chi connectivity index (χ3v) is 4.20. The van der Waals surface area contributed by atoms with E-state index in [1.54, 1.807) is 0 Å². The number of pyridine rings is 1. The minimum atomic E-state index is 0.0363. The molecule has 1 aromatic rings. The summed E-state index contributed by atoms with van der Waals surface area (Å²) in [6, 6.07) is 4.06. The summed E-state index contributed by atoms with van der Waals surface area (Å²) in [6.45, 7) is 2.05. The monoisotopic (exact) mass is 289 g/mol. The maximum atomic E-state index is 12.5. The normalized spacial score (nSPS) is 16.9. The summed E-state index contributed by atoms with van der Waals surface area (Å²) in [5.74, 6) is 0.798. The molecule has 4 heteroatoms. The molecule has 0 saturated heterocycles. The highest BCUT2D eigenvalue weighted by atomic mass is 16.1. The van der Waals surface area contributed by atoms with Gasteiger partial charge < -0.3 is 10.6 Å². The second-order valence-corrected chi connectivity index (χ2v) is 5.85. The molecule has 0 unspecified atom stereocenters. The molecular weight excluding hydrogens is 262 g/mol. The van der Waals surface area contributed by atoms with Gasteiger partial charge in [0.1, 0.15) is 5.82 Å². The van der Waals surface area contributed by atoms with Gasteiger partial charge in [0, 0.05) is 24.3 Å². The van der Waals surface area contributed by atoms with Crippen LogP contribution in [0, 0.1) is 0 Å². The highest BCUT2D eigenvalue weighted by Crippen LogP contribution is 2.18. The number of amides is 1. The summed E-state index contributed by atoms with van der Waals surface area (Å²) in [5, 5.41) is 6.24. The summed E-state index contributed by atoms with van der Waals surface area (Å²) in [7, 11) is 1.83. The number of anilines is 1. The average Bonchev–Trinajstić information content (AvgIpc) is 2.49. The van der Waals surface area contributed by atoms with Crippen LogP contribution >= 0.6 is 0 Å². The summed E-state index contributed by atoms with van der Waals surface area (Å²) in [4.78, 5) is 16.9. The lowest BCUT2D eigenvalue weighted by atomic mass is 9.96. The lowest BCUT2D eigenvalue weighted by Gasteiger charge is -2.21. The zero-order chi connectivity index (χ0) is 15.1. The standard InChI is InChI=1S/C17H27N3O/c1-3-14-11-13(12-16(18-2)19-14)17(21)20-15-9-7-5-4-6-8-10-15/h11-12,15H,3-10H2,1-2H3,(H,18,19)(H,20,21). The number of carbonyl (C=O) groups is 1. The molecule has 1 aliphatic rings. The first-order valence-electron chi connectivity index (χ1n) is 8.22. The van der Waals surface area contributed by atoms with Crippen molar-refractivity contribution in [3.8, 4) is 0 Å². The Morgan fingerprint density at radius 2 is 1.86 bits per heavy atom. The van der Waals surface area contributed by atoms with Gasteiger partial charge in [-0.25, -0.2) is 4.98 Å². The number of nitrogens with zero attached hydrogens (tertiary/aromatic N) is 1. The van der Waals surface area contributed by atoms with E-state index >= 15 is 0 Å². The number of aryl methyl sites for hydroxylation is 1. The van der Waals surface area contributed by atoms with E-state index in [1.165, 1.54) is 32.1 Å². The number of carbonyl (C=O) groups excluding carboxylic acids is 1. The average molecular weight is 289 g/mol. The third-order valence-electron chi connectivity index (χ3n) is 4.20. The van der Waals surface area contributed by atoms with Gasteiger partial charge in [-0.15, -0.1) is 0 Å². The van der Waals surface area contributed by atoms with Gasteiger partial charge in [0.15, 0.2) is 0 Å². The number of rotatable bonds is 4. The fraction of sp³-hybridized carbons (Fsp3) is 0.647. The molecule has 1 heterocycles. The predicted molar refractivity (Wildman–Crippen MR) is 86.7 cm³/mol. The Hall–Kier alpha value is -1.58. The first kappa shape index (κ1) is 15.8. The minimum absolute atomic E-state index is 0.0363. The SMILES string of the molecule is CCc1cc(C(=O)NC2CCCCCCC2)cc(NC)n1. The second kappa shape index (κ2) is 8.01. The Labute approximate surface area is 127 Å². The summed E-state index contributed by atoms with van der Waals surface area (Å²) >= 11 is 0. The Kier molecular flexibility index (Phi) is 6.03. The molecule has 0 aromatic carbocycles. The molecule has 21 heavy (non-hydrogen) atoms. The van der Waals surface area contributed by atoms with Gasteiger partial charge in [0.2, 0.25) is 0 Å². The van der Waals surface area contributed by atoms with Crippen molar-refractivity contribution >= 4 is 11.7 Å². The molecule has 1 aromatic heterocycles. The quantitative estimate of drug-likeness (QED) is 0.891. The molecule has 0 radical (unpaired) electrons. The van der Waals surface area contributed by atoms with Crippen molar-refractivity contribution in [1.82, 2.24) is 10.3 Å². The van der Waals surface area contributed by atoms with Crippen molar-refractivity contribution in [3.63, 3.8) is 0 Å². The largest absolute Gasteiger partial charge is 0.373 e. The third kappa shape index (κ3) is 4.73. The molecule has 2 rings (SSSR count). The van der Waals surface area contributed by atoms with Crippen LogP contribution in [0.3, 0.4) is 0 Å². The number of hydrogen-bond acceptors (Lipinski definition) is 3. The lowest BCUT2D eigenvalue weighted by Crippen LogP contribution is -2.35. The first-order chi connectivity index (χ1) is 10.2. The van der Waals surface area contributed by atoms with Crippen LogP contribution in [0.5, 0.6) is 0 Å². The highest BCUT2D eigenvalue weighted by Gasteiger charge is 2.16. The molecule has 0 aliphatic heterocycles. The summed E-state index contributed by atoms with van der Waals surface area (Å²) < 4.78 is 0. The smallest absolute Gasteiger partial charge is 0.251 e. The molecule has 1 fully saturated rings. The lowest BCUT2D eigenvalue weighted by molar-refractivity contribution is 0.0930. The van der Waals surface area contributed by atoms with Crippen LogP contribution in [-0.2, 0) is 6.42 Å². The van der Waals surface area contributed by atoms with Crippen molar-refractivity contribution < 1.29 is 4.79 Å². The van der Waals surface area contributed by atoms with Crippen molar-refractivity contribution in [2.75, 3.05) is 12.4 Å². The molecule has 1 aliphatic carbocycles. The fourth-order valence-electron chi connectivity index (χ4n) is 2.90. The Morgan fingerprint density at radius 1 is 1.19 bits per heavy atom. The fourth-order valence-corrected chi connectivity index (χ4v) is 2.90. The predicted octanol–water partition coefficient (Wildman–Crippen LogP) is 3.53. The van der Waals surface area contributed by atoms with Gasteiger partial charge in [0.25, 0.3) is 5.91 Å². The van der Waals surface area contributed by atoms with Gasteiger partial charge in [0.05, 0.1) is 0 Å². The molecule has 0 atom stereocenters. The number of hydrogen-bond donors (Lipinski definition) is 2. The van der Waals surface area contributed by atoms with Crippen LogP contribution in [0.25, 0.3) is 0 Å². The number of aromatic nitrogens is 1. The van der Waals surface area contributed by atoms with E-state index in [0.717, 1.165) is 30.8 Å². The summed E-state index contributed by atoms with van der Waals surface area (Å²) in [6.07, 6.45) is 9.44. The number of nitrogens with one attached hydrogen (secondary N) is 2. The van der Waals surface area contributed by atoms with Crippen LogP contribution in [0.2, 0.25) is 0 Å². The molecule has 0 bridgehead atoms. The Bertz CT molecular complexity index is 443. The minimum Gasteiger partial charge on any atom is -0.373 e. The highest BCUT2D eigenvalue weighted by molar-refractivity contribution is 5.95. The van der Waals surface area contributed by atoms with Gasteiger partial charge in [-0.2, -0.15) is 0 Å². The van der Waals surface area contributed by atoms with Crippen LogP contribution in [0.15, 0.2) is 12.1 Å². The van der Waals surface area contributed by atoms with Crippen molar-refractivity contribution in [1.29, 1.82) is 0 Å². The van der Waals surface area contributed by atoms with Crippen LogP contribution in [-0.4, -0.2) is 24.0 Å². The molecule has 2 N–H and O–H groups in total. The first-order valence-corrected chi connectivity index (χ1v) is 8.22. The van der Waals surface area contributed by atoms with E-state index in [-0.39, 0.29) is 5.91 Å². The zero-order valence-electron chi connectivity index (χ0n) is 13.2. The Balaban J connectivity index is 2.04. The molecule has 1 saturated carbocycles. The van der Waals surface area contributed by atoms with E-state index < -0.39 is 0 Å². The van der Waals surface area contributed by atoms with Gasteiger partial charge in [-0.1, -0.05) is 39.0 Å². The Morgan fingerprint density at radius 3 is 2.48 bits per heavy atom. The van der Waals surface area contributed by atoms with Crippen molar-refractivity contribution in [2.24, 2.45) is 0 Å². The van der Waals surface area contributed by atoms with E-state index in [2.05, 4.69) is 22.5 Å². The second-order valence-electron chi connectivity index (χ2n) is 5.85. The van der Waals surface area contributed by atoms with Crippen molar-refractivity contribution in [2.45, 2.75) is 64.3 Å². The van der Waals surface area contributed by atoms with Gasteiger partial charge in [-0.05, 0) is 31.4 Å².